The number of nitrogen functional groups attached to an aromatic ring is 1. The third-order valence-corrected chi connectivity index (χ3v) is 3.42. The van der Waals surface area contributed by atoms with Gasteiger partial charge in [-0.25, -0.2) is 4.98 Å². The van der Waals surface area contributed by atoms with E-state index in [1.165, 1.54) is 24.0 Å². The van der Waals surface area contributed by atoms with Gasteiger partial charge in [-0.1, -0.05) is 27.7 Å². The van der Waals surface area contributed by atoms with Gasteiger partial charge in [-0.05, 0) is 23.8 Å². The molecule has 0 radical (unpaired) electrons. The summed E-state index contributed by atoms with van der Waals surface area (Å²) in [6.45, 7) is 0. The fourth-order valence-corrected chi connectivity index (χ4v) is 2.67. The van der Waals surface area contributed by atoms with E-state index < -0.39 is 0 Å². The Kier molecular flexibility index (Phi) is 3.86. The maximum absolute atomic E-state index is 11.1. The van der Waals surface area contributed by atoms with Crippen molar-refractivity contribution in [3.63, 3.8) is 0 Å². The number of halogens is 1. The highest BCUT2D eigenvalue weighted by atomic mass is 79.9. The molecule has 0 amide bonds. The predicted molar refractivity (Wildman–Crippen MR) is 73.0 cm³/mol. The molecule has 88 valence electrons. The Morgan fingerprint density at radius 3 is 2.94 bits per heavy atom. The van der Waals surface area contributed by atoms with Crippen LogP contribution in [0.15, 0.2) is 44.9 Å². The zero-order valence-corrected chi connectivity index (χ0v) is 11.2. The first kappa shape index (κ1) is 12.2. The normalized spacial score (nSPS) is 10.4. The Balaban J connectivity index is 2.09. The Bertz CT molecular complexity index is 565. The van der Waals surface area contributed by atoms with Gasteiger partial charge in [-0.3, -0.25) is 4.79 Å². The van der Waals surface area contributed by atoms with Crippen molar-refractivity contribution in [1.29, 1.82) is 0 Å². The fraction of sp³-hybridized carbons (Fsp3) is 0.0909. The van der Waals surface area contributed by atoms with Crippen LogP contribution in [0.2, 0.25) is 0 Å². The van der Waals surface area contributed by atoms with Crippen LogP contribution in [-0.2, 0) is 5.75 Å². The Morgan fingerprint density at radius 1 is 1.41 bits per heavy atom. The summed E-state index contributed by atoms with van der Waals surface area (Å²) in [7, 11) is 0. The maximum atomic E-state index is 11.1. The van der Waals surface area contributed by atoms with Crippen LogP contribution in [0, 0.1) is 0 Å². The van der Waals surface area contributed by atoms with Gasteiger partial charge in [0.2, 0.25) is 0 Å². The van der Waals surface area contributed by atoms with Gasteiger partial charge in [0.05, 0.1) is 0 Å². The van der Waals surface area contributed by atoms with Crippen molar-refractivity contribution >= 4 is 33.4 Å². The molecule has 0 atom stereocenters. The van der Waals surface area contributed by atoms with E-state index in [0.717, 1.165) is 10.0 Å². The van der Waals surface area contributed by atoms with Gasteiger partial charge in [-0.2, -0.15) is 0 Å². The van der Waals surface area contributed by atoms with E-state index in [0.29, 0.717) is 16.6 Å². The van der Waals surface area contributed by atoms with Gasteiger partial charge in [0.15, 0.2) is 5.16 Å². The van der Waals surface area contributed by atoms with Crippen LogP contribution in [0.4, 0.5) is 5.69 Å². The number of nitrogens with zero attached hydrogens (tertiary/aromatic N) is 1. The number of H-pyrrole nitrogens is 1. The van der Waals surface area contributed by atoms with E-state index >= 15 is 0 Å². The molecule has 0 saturated carbocycles. The molecular formula is C11H10BrN3OS. The van der Waals surface area contributed by atoms with Crippen molar-refractivity contribution < 1.29 is 0 Å². The second-order valence-electron chi connectivity index (χ2n) is 3.42. The molecule has 0 aliphatic rings. The third-order valence-electron chi connectivity index (χ3n) is 2.00. The second-order valence-corrected chi connectivity index (χ2v) is 5.30. The minimum Gasteiger partial charge on any atom is -0.399 e. The maximum Gasteiger partial charge on any atom is 0.251 e. The molecule has 0 aliphatic carbocycles. The number of hydrogen-bond donors (Lipinski definition) is 2. The fourth-order valence-electron chi connectivity index (χ4n) is 1.34. The number of rotatable bonds is 3. The second kappa shape index (κ2) is 5.37. The lowest BCUT2D eigenvalue weighted by molar-refractivity contribution is 0.936. The molecule has 3 N–H and O–H groups in total. The highest BCUT2D eigenvalue weighted by Crippen LogP contribution is 2.23. The molecule has 1 aromatic carbocycles. The molecular weight excluding hydrogens is 302 g/mol. The summed E-state index contributed by atoms with van der Waals surface area (Å²) >= 11 is 4.85. The molecule has 0 spiro atoms. The van der Waals surface area contributed by atoms with E-state index in [9.17, 15) is 4.79 Å². The standard InChI is InChI=1S/C11H10BrN3OS/c12-8-3-7(4-9(13)5-8)6-17-11-14-2-1-10(16)15-11/h1-5H,6,13H2,(H,14,15,16). The van der Waals surface area contributed by atoms with Gasteiger partial charge < -0.3 is 10.7 Å². The highest BCUT2D eigenvalue weighted by Gasteiger charge is 2.00. The van der Waals surface area contributed by atoms with Gasteiger partial charge in [0, 0.05) is 28.2 Å². The summed E-state index contributed by atoms with van der Waals surface area (Å²) in [4.78, 5) is 17.8. The molecule has 0 unspecified atom stereocenters. The van der Waals surface area contributed by atoms with Crippen molar-refractivity contribution in [3.8, 4) is 0 Å². The molecule has 17 heavy (non-hydrogen) atoms. The van der Waals surface area contributed by atoms with Gasteiger partial charge in [0.25, 0.3) is 5.56 Å². The van der Waals surface area contributed by atoms with Crippen LogP contribution in [0.5, 0.6) is 0 Å². The van der Waals surface area contributed by atoms with Crippen LogP contribution in [0.3, 0.4) is 0 Å². The summed E-state index contributed by atoms with van der Waals surface area (Å²) in [5.41, 5.74) is 7.39. The van der Waals surface area contributed by atoms with Crippen molar-refractivity contribution in [2.24, 2.45) is 0 Å². The topological polar surface area (TPSA) is 71.8 Å². The summed E-state index contributed by atoms with van der Waals surface area (Å²) < 4.78 is 0.947. The van der Waals surface area contributed by atoms with Gasteiger partial charge in [-0.15, -0.1) is 0 Å². The van der Waals surface area contributed by atoms with Crippen LogP contribution in [0.1, 0.15) is 5.56 Å². The lowest BCUT2D eigenvalue weighted by Crippen LogP contribution is -2.05. The number of anilines is 1. The van der Waals surface area contributed by atoms with Gasteiger partial charge in [0.1, 0.15) is 0 Å². The Hall–Kier alpha value is -1.27. The minimum absolute atomic E-state index is 0.142. The largest absolute Gasteiger partial charge is 0.399 e. The van der Waals surface area contributed by atoms with Crippen molar-refractivity contribution in [1.82, 2.24) is 9.97 Å². The highest BCUT2D eigenvalue weighted by molar-refractivity contribution is 9.10. The predicted octanol–water partition coefficient (Wildman–Crippen LogP) is 2.41. The zero-order chi connectivity index (χ0) is 12.3. The number of aromatic nitrogens is 2. The van der Waals surface area contributed by atoms with Crippen LogP contribution in [0.25, 0.3) is 0 Å². The van der Waals surface area contributed by atoms with E-state index in [1.54, 1.807) is 0 Å². The monoisotopic (exact) mass is 311 g/mol. The van der Waals surface area contributed by atoms with Crippen LogP contribution >= 0.6 is 27.7 Å². The zero-order valence-electron chi connectivity index (χ0n) is 8.81. The first-order valence-electron chi connectivity index (χ1n) is 4.86. The molecule has 2 rings (SSSR count). The molecule has 0 saturated heterocycles. The summed E-state index contributed by atoms with van der Waals surface area (Å²) in [6.07, 6.45) is 1.50. The molecule has 1 aromatic heterocycles. The Morgan fingerprint density at radius 2 is 2.24 bits per heavy atom. The summed E-state index contributed by atoms with van der Waals surface area (Å²) in [5, 5.41) is 0.607. The van der Waals surface area contributed by atoms with E-state index in [4.69, 9.17) is 5.73 Å². The van der Waals surface area contributed by atoms with E-state index in [2.05, 4.69) is 25.9 Å². The molecule has 0 aliphatic heterocycles. The van der Waals surface area contributed by atoms with Crippen molar-refractivity contribution in [2.75, 3.05) is 5.73 Å². The lowest BCUT2D eigenvalue weighted by atomic mass is 10.2. The summed E-state index contributed by atoms with van der Waals surface area (Å²) in [5.74, 6) is 0.705. The molecule has 0 fully saturated rings. The van der Waals surface area contributed by atoms with Crippen molar-refractivity contribution in [2.45, 2.75) is 10.9 Å². The number of hydrogen-bond acceptors (Lipinski definition) is 4. The summed E-state index contributed by atoms with van der Waals surface area (Å²) in [6, 6.07) is 7.13. The lowest BCUT2D eigenvalue weighted by Gasteiger charge is -2.03. The number of nitrogens with one attached hydrogen (secondary N) is 1. The molecule has 0 bridgehead atoms. The van der Waals surface area contributed by atoms with Gasteiger partial charge >= 0.3 is 0 Å². The Labute approximate surface area is 111 Å². The smallest absolute Gasteiger partial charge is 0.251 e. The average Bonchev–Trinajstić information content (AvgIpc) is 2.25. The SMILES string of the molecule is Nc1cc(Br)cc(CSc2nccc(=O)[nH]2)c1. The van der Waals surface area contributed by atoms with Crippen LogP contribution in [-0.4, -0.2) is 9.97 Å². The number of benzene rings is 1. The van der Waals surface area contributed by atoms with E-state index in [-0.39, 0.29) is 5.56 Å². The molecule has 6 heteroatoms. The third kappa shape index (κ3) is 3.61. The quantitative estimate of drug-likeness (QED) is 0.519. The molecule has 2 aromatic rings. The van der Waals surface area contributed by atoms with Crippen molar-refractivity contribution in [3.05, 3.63) is 50.9 Å². The van der Waals surface area contributed by atoms with E-state index in [1.807, 2.05) is 18.2 Å². The van der Waals surface area contributed by atoms with Crippen LogP contribution < -0.4 is 11.3 Å². The average molecular weight is 312 g/mol. The molecule has 1 heterocycles. The minimum atomic E-state index is -0.142. The number of aromatic amines is 1. The number of nitrogens with two attached hydrogens (primary N) is 1. The molecule has 4 nitrogen and oxygen atoms in total. The number of thioether (sulfide) groups is 1. The first-order chi connectivity index (χ1) is 8.13. The first-order valence-corrected chi connectivity index (χ1v) is 6.64.